The lowest BCUT2D eigenvalue weighted by Gasteiger charge is -2.14. The first-order chi connectivity index (χ1) is 15.3. The van der Waals surface area contributed by atoms with Crippen LogP contribution in [0.4, 0.5) is 17.6 Å². The molecule has 0 atom stereocenters. The van der Waals surface area contributed by atoms with Gasteiger partial charge in [0.2, 0.25) is 0 Å². The number of rotatable bonds is 4. The second-order valence-electron chi connectivity index (χ2n) is 7.71. The maximum absolute atomic E-state index is 14.4. The van der Waals surface area contributed by atoms with Gasteiger partial charge in [0.15, 0.2) is 17.4 Å². The SMILES string of the molecule is COc1cc(CC(F)(F)F)c(-c2ccc3c(-c4nc5c([nH]4)CNCC5)n[nH]c3c2)cc1F. The Morgan fingerprint density at radius 1 is 1.16 bits per heavy atom. The summed E-state index contributed by atoms with van der Waals surface area (Å²) in [7, 11) is 1.22. The summed E-state index contributed by atoms with van der Waals surface area (Å²) < 4.78 is 58.7. The Labute approximate surface area is 180 Å². The van der Waals surface area contributed by atoms with Crippen LogP contribution >= 0.6 is 0 Å². The van der Waals surface area contributed by atoms with Crippen molar-refractivity contribution in [2.45, 2.75) is 25.6 Å². The van der Waals surface area contributed by atoms with Gasteiger partial charge in [0.05, 0.1) is 30.4 Å². The van der Waals surface area contributed by atoms with E-state index in [2.05, 4.69) is 25.5 Å². The second kappa shape index (κ2) is 7.63. The van der Waals surface area contributed by atoms with Gasteiger partial charge in [0, 0.05) is 24.9 Å². The van der Waals surface area contributed by atoms with Crippen molar-refractivity contribution in [3.8, 4) is 28.4 Å². The van der Waals surface area contributed by atoms with Crippen molar-refractivity contribution in [2.75, 3.05) is 13.7 Å². The van der Waals surface area contributed by atoms with Crippen LogP contribution in [-0.4, -0.2) is 40.0 Å². The highest BCUT2D eigenvalue weighted by Gasteiger charge is 2.30. The van der Waals surface area contributed by atoms with Crippen LogP contribution in [0.5, 0.6) is 5.75 Å². The van der Waals surface area contributed by atoms with E-state index < -0.39 is 18.4 Å². The van der Waals surface area contributed by atoms with Crippen molar-refractivity contribution >= 4 is 10.9 Å². The molecule has 32 heavy (non-hydrogen) atoms. The molecule has 0 amide bonds. The summed E-state index contributed by atoms with van der Waals surface area (Å²) >= 11 is 0. The Balaban J connectivity index is 1.58. The van der Waals surface area contributed by atoms with E-state index >= 15 is 0 Å². The number of nitrogens with zero attached hydrogens (tertiary/aromatic N) is 2. The predicted octanol–water partition coefficient (Wildman–Crippen LogP) is 4.52. The Bertz CT molecular complexity index is 1280. The molecule has 4 aromatic rings. The van der Waals surface area contributed by atoms with E-state index in [0.29, 0.717) is 29.1 Å². The molecule has 3 N–H and O–H groups in total. The number of benzene rings is 2. The zero-order valence-electron chi connectivity index (χ0n) is 17.0. The lowest BCUT2D eigenvalue weighted by Crippen LogP contribution is -2.23. The summed E-state index contributed by atoms with van der Waals surface area (Å²) in [6.07, 6.45) is -4.82. The van der Waals surface area contributed by atoms with Crippen molar-refractivity contribution in [1.82, 2.24) is 25.5 Å². The molecule has 3 heterocycles. The average Bonchev–Trinajstić information content (AvgIpc) is 3.36. The average molecular weight is 445 g/mol. The Morgan fingerprint density at radius 2 is 2.00 bits per heavy atom. The van der Waals surface area contributed by atoms with Gasteiger partial charge < -0.3 is 15.0 Å². The third kappa shape index (κ3) is 3.70. The van der Waals surface area contributed by atoms with Crippen molar-refractivity contribution in [1.29, 1.82) is 0 Å². The summed E-state index contributed by atoms with van der Waals surface area (Å²) in [6.45, 7) is 1.57. The molecule has 2 aromatic carbocycles. The van der Waals surface area contributed by atoms with Crippen LogP contribution in [0.1, 0.15) is 17.0 Å². The number of aromatic amines is 2. The molecular formula is C22H19F4N5O. The van der Waals surface area contributed by atoms with E-state index in [1.807, 2.05) is 0 Å². The third-order valence-corrected chi connectivity index (χ3v) is 5.57. The molecule has 0 aliphatic carbocycles. The standard InChI is InChI=1S/C22H19F4N5O/c1-32-19-7-12(9-22(24,25)26)14(8-15(19)23)11-2-3-13-17(6-11)30-31-20(13)21-28-16-4-5-27-10-18(16)29-21/h2-3,6-8,27H,4-5,9-10H2,1H3,(H,28,29)(H,30,31). The van der Waals surface area contributed by atoms with E-state index in [0.717, 1.165) is 41.9 Å². The van der Waals surface area contributed by atoms with Crippen molar-refractivity contribution in [2.24, 2.45) is 0 Å². The second-order valence-corrected chi connectivity index (χ2v) is 7.71. The molecule has 0 fully saturated rings. The number of halogens is 4. The summed E-state index contributed by atoms with van der Waals surface area (Å²) in [6, 6.07) is 7.25. The molecule has 0 radical (unpaired) electrons. The molecule has 10 heteroatoms. The smallest absolute Gasteiger partial charge is 0.393 e. The lowest BCUT2D eigenvalue weighted by atomic mass is 9.96. The fraction of sp³-hybridized carbons (Fsp3) is 0.273. The van der Waals surface area contributed by atoms with Gasteiger partial charge in [-0.05, 0) is 41.0 Å². The summed E-state index contributed by atoms with van der Waals surface area (Å²) in [5, 5.41) is 11.3. The third-order valence-electron chi connectivity index (χ3n) is 5.57. The van der Waals surface area contributed by atoms with Crippen LogP contribution in [0.15, 0.2) is 30.3 Å². The van der Waals surface area contributed by atoms with Gasteiger partial charge in [-0.3, -0.25) is 5.10 Å². The molecule has 0 saturated heterocycles. The number of aromatic nitrogens is 4. The normalized spacial score (nSPS) is 14.0. The maximum Gasteiger partial charge on any atom is 0.393 e. The van der Waals surface area contributed by atoms with Gasteiger partial charge in [-0.15, -0.1) is 0 Å². The van der Waals surface area contributed by atoms with Gasteiger partial charge in [-0.1, -0.05) is 6.07 Å². The lowest BCUT2D eigenvalue weighted by molar-refractivity contribution is -0.127. The minimum absolute atomic E-state index is 0.0685. The van der Waals surface area contributed by atoms with E-state index in [4.69, 9.17) is 4.74 Å². The molecule has 0 unspecified atom stereocenters. The molecule has 0 bridgehead atoms. The topological polar surface area (TPSA) is 78.6 Å². The Morgan fingerprint density at radius 3 is 2.75 bits per heavy atom. The first-order valence-corrected chi connectivity index (χ1v) is 10.0. The molecule has 6 nitrogen and oxygen atoms in total. The Kier molecular flexibility index (Phi) is 4.89. The molecule has 0 spiro atoms. The van der Waals surface area contributed by atoms with Gasteiger partial charge in [-0.25, -0.2) is 9.37 Å². The molecule has 0 saturated carbocycles. The minimum Gasteiger partial charge on any atom is -0.494 e. The first-order valence-electron chi connectivity index (χ1n) is 10.0. The molecule has 5 rings (SSSR count). The molecular weight excluding hydrogens is 426 g/mol. The molecule has 1 aliphatic rings. The zero-order chi connectivity index (χ0) is 22.5. The number of hydrogen-bond donors (Lipinski definition) is 3. The van der Waals surface area contributed by atoms with Crippen LogP contribution in [0.3, 0.4) is 0 Å². The number of ether oxygens (including phenoxy) is 1. The number of alkyl halides is 3. The van der Waals surface area contributed by atoms with E-state index in [1.165, 1.54) is 7.11 Å². The highest BCUT2D eigenvalue weighted by Crippen LogP contribution is 2.36. The van der Waals surface area contributed by atoms with E-state index in [9.17, 15) is 17.6 Å². The minimum atomic E-state index is -4.45. The van der Waals surface area contributed by atoms with Gasteiger partial charge in [0.1, 0.15) is 5.69 Å². The quantitative estimate of drug-likeness (QED) is 0.404. The zero-order valence-corrected chi connectivity index (χ0v) is 17.0. The number of imidazole rings is 1. The van der Waals surface area contributed by atoms with Crippen LogP contribution in [0, 0.1) is 5.82 Å². The number of methoxy groups -OCH3 is 1. The number of fused-ring (bicyclic) bond motifs is 2. The van der Waals surface area contributed by atoms with E-state index in [-0.39, 0.29) is 16.9 Å². The molecule has 1 aliphatic heterocycles. The first kappa shape index (κ1) is 20.5. The van der Waals surface area contributed by atoms with Crippen molar-refractivity contribution in [3.05, 3.63) is 53.1 Å². The number of hydrogen-bond acceptors (Lipinski definition) is 4. The number of nitrogens with one attached hydrogen (secondary N) is 3. The van der Waals surface area contributed by atoms with Crippen LogP contribution in [-0.2, 0) is 19.4 Å². The van der Waals surface area contributed by atoms with Gasteiger partial charge in [-0.2, -0.15) is 18.3 Å². The van der Waals surface area contributed by atoms with Crippen LogP contribution in [0.2, 0.25) is 0 Å². The maximum atomic E-state index is 14.4. The van der Waals surface area contributed by atoms with Crippen molar-refractivity contribution in [3.63, 3.8) is 0 Å². The highest BCUT2D eigenvalue weighted by molar-refractivity contribution is 5.94. The van der Waals surface area contributed by atoms with Gasteiger partial charge >= 0.3 is 6.18 Å². The van der Waals surface area contributed by atoms with Crippen LogP contribution in [0.25, 0.3) is 33.5 Å². The van der Waals surface area contributed by atoms with Crippen molar-refractivity contribution < 1.29 is 22.3 Å². The largest absolute Gasteiger partial charge is 0.494 e. The monoisotopic (exact) mass is 445 g/mol. The molecule has 166 valence electrons. The fourth-order valence-corrected chi connectivity index (χ4v) is 4.08. The Hall–Kier alpha value is -3.40. The van der Waals surface area contributed by atoms with Gasteiger partial charge in [0.25, 0.3) is 0 Å². The van der Waals surface area contributed by atoms with Crippen LogP contribution < -0.4 is 10.1 Å². The predicted molar refractivity (Wildman–Crippen MR) is 111 cm³/mol. The summed E-state index contributed by atoms with van der Waals surface area (Å²) in [5.41, 5.74) is 3.77. The molecule has 2 aromatic heterocycles. The fourth-order valence-electron chi connectivity index (χ4n) is 4.08. The highest BCUT2D eigenvalue weighted by atomic mass is 19.4. The van der Waals surface area contributed by atoms with E-state index in [1.54, 1.807) is 18.2 Å². The summed E-state index contributed by atoms with van der Waals surface area (Å²) in [4.78, 5) is 7.93. The number of H-pyrrole nitrogens is 2. The summed E-state index contributed by atoms with van der Waals surface area (Å²) in [5.74, 6) is -0.325.